The van der Waals surface area contributed by atoms with E-state index in [4.69, 9.17) is 5.73 Å². The molecule has 0 aliphatic rings. The van der Waals surface area contributed by atoms with Crippen LogP contribution in [0.5, 0.6) is 0 Å². The molecule has 2 N–H and O–H groups in total. The predicted octanol–water partition coefficient (Wildman–Crippen LogP) is 0.122. The lowest BCUT2D eigenvalue weighted by atomic mass is 10.2. The number of carbonyl (C=O) groups is 1. The number of nitrogen functional groups attached to an aromatic ring is 1. The molecule has 0 fully saturated rings. The van der Waals surface area contributed by atoms with Gasteiger partial charge in [0.1, 0.15) is 5.82 Å². The average molecular weight is 181 g/mol. The van der Waals surface area contributed by atoms with Crippen LogP contribution in [0.3, 0.4) is 0 Å². The second-order valence-corrected chi connectivity index (χ2v) is 3.00. The summed E-state index contributed by atoms with van der Waals surface area (Å²) in [5, 5.41) is 0. The van der Waals surface area contributed by atoms with Gasteiger partial charge in [-0.3, -0.25) is 4.79 Å². The van der Waals surface area contributed by atoms with Crippen LogP contribution in [0.15, 0.2) is 17.1 Å². The molecule has 0 aliphatic heterocycles. The molecule has 0 aliphatic carbocycles. The second-order valence-electron chi connectivity index (χ2n) is 3.00. The highest BCUT2D eigenvalue weighted by molar-refractivity contribution is 5.80. The highest BCUT2D eigenvalue weighted by atomic mass is 16.2. The topological polar surface area (TPSA) is 78.0 Å². The second kappa shape index (κ2) is 3.38. The Balaban J connectivity index is 3.17. The molecule has 1 aromatic heterocycles. The summed E-state index contributed by atoms with van der Waals surface area (Å²) in [5.74, 6) is -0.390. The molecule has 0 radical (unpaired) electrons. The van der Waals surface area contributed by atoms with Gasteiger partial charge in [-0.05, 0) is 6.07 Å². The van der Waals surface area contributed by atoms with E-state index in [0.717, 1.165) is 4.57 Å². The van der Waals surface area contributed by atoms with Crippen LogP contribution in [-0.2, 0) is 0 Å². The van der Waals surface area contributed by atoms with Crippen LogP contribution in [0.2, 0.25) is 0 Å². The van der Waals surface area contributed by atoms with E-state index in [0.29, 0.717) is 0 Å². The van der Waals surface area contributed by atoms with Crippen molar-refractivity contribution in [3.63, 3.8) is 0 Å². The molecule has 0 amide bonds. The van der Waals surface area contributed by atoms with E-state index < -0.39 is 5.69 Å². The van der Waals surface area contributed by atoms with Crippen LogP contribution in [0.1, 0.15) is 18.6 Å². The van der Waals surface area contributed by atoms with Crippen molar-refractivity contribution in [1.82, 2.24) is 9.55 Å². The minimum Gasteiger partial charge on any atom is -0.383 e. The summed E-state index contributed by atoms with van der Waals surface area (Å²) in [6, 6.07) is 1.42. The van der Waals surface area contributed by atoms with Crippen molar-refractivity contribution < 1.29 is 4.79 Å². The molecule has 0 aromatic carbocycles. The van der Waals surface area contributed by atoms with Crippen LogP contribution in [-0.4, -0.2) is 15.5 Å². The van der Waals surface area contributed by atoms with Gasteiger partial charge in [-0.15, -0.1) is 0 Å². The number of nitrogens with zero attached hydrogens (tertiary/aromatic N) is 2. The Morgan fingerprint density at radius 3 is 2.69 bits per heavy atom. The van der Waals surface area contributed by atoms with Crippen LogP contribution in [0.4, 0.5) is 5.82 Å². The fourth-order valence-corrected chi connectivity index (χ4v) is 0.862. The maximum Gasteiger partial charge on any atom is 0.356 e. The third kappa shape index (κ3) is 1.93. The monoisotopic (exact) mass is 181 g/mol. The zero-order valence-electron chi connectivity index (χ0n) is 7.52. The fraction of sp³-hybridized carbons (Fsp3) is 0.375. The standard InChI is InChI=1S/C8H11N3O2/c1-5(2)7(12)11-4-3-6(9)10-8(11)13/h3-5H,1-2H3,(H2,9,10,13). The number of hydrogen-bond acceptors (Lipinski definition) is 4. The van der Waals surface area contributed by atoms with Gasteiger partial charge in [0.05, 0.1) is 0 Å². The molecule has 0 saturated carbocycles. The summed E-state index contributed by atoms with van der Waals surface area (Å²) in [7, 11) is 0. The van der Waals surface area contributed by atoms with Crippen LogP contribution in [0.25, 0.3) is 0 Å². The third-order valence-corrected chi connectivity index (χ3v) is 1.56. The fourth-order valence-electron chi connectivity index (χ4n) is 0.862. The summed E-state index contributed by atoms with van der Waals surface area (Å²) in [4.78, 5) is 25.9. The Labute approximate surface area is 75.2 Å². The third-order valence-electron chi connectivity index (χ3n) is 1.56. The van der Waals surface area contributed by atoms with E-state index in [1.165, 1.54) is 12.3 Å². The Hall–Kier alpha value is -1.65. The van der Waals surface area contributed by atoms with E-state index in [-0.39, 0.29) is 17.6 Å². The van der Waals surface area contributed by atoms with Gasteiger partial charge in [0.15, 0.2) is 0 Å². The molecule has 5 nitrogen and oxygen atoms in total. The molecule has 0 saturated heterocycles. The van der Waals surface area contributed by atoms with Crippen molar-refractivity contribution in [3.05, 3.63) is 22.7 Å². The van der Waals surface area contributed by atoms with Crippen molar-refractivity contribution in [3.8, 4) is 0 Å². The summed E-state index contributed by atoms with van der Waals surface area (Å²) >= 11 is 0. The van der Waals surface area contributed by atoms with Gasteiger partial charge in [0.2, 0.25) is 5.91 Å². The van der Waals surface area contributed by atoms with Crippen molar-refractivity contribution >= 4 is 11.7 Å². The first-order valence-corrected chi connectivity index (χ1v) is 3.91. The minimum atomic E-state index is -0.626. The maximum absolute atomic E-state index is 11.4. The lowest BCUT2D eigenvalue weighted by molar-refractivity contribution is 0.0849. The molecule has 0 unspecified atom stereocenters. The number of rotatable bonds is 1. The first kappa shape index (κ1) is 9.44. The highest BCUT2D eigenvalue weighted by Gasteiger charge is 2.11. The summed E-state index contributed by atoms with van der Waals surface area (Å²) in [6.45, 7) is 3.43. The Bertz CT molecular complexity index is 381. The van der Waals surface area contributed by atoms with Crippen molar-refractivity contribution in [2.75, 3.05) is 5.73 Å². The lowest BCUT2D eigenvalue weighted by Gasteiger charge is -2.05. The Morgan fingerprint density at radius 2 is 2.23 bits per heavy atom. The van der Waals surface area contributed by atoms with Crippen LogP contribution >= 0.6 is 0 Å². The van der Waals surface area contributed by atoms with E-state index in [1.807, 2.05) is 0 Å². The van der Waals surface area contributed by atoms with Gasteiger partial charge < -0.3 is 5.73 Å². The smallest absolute Gasteiger partial charge is 0.356 e. The van der Waals surface area contributed by atoms with Gasteiger partial charge in [0.25, 0.3) is 0 Å². The molecule has 0 bridgehead atoms. The average Bonchev–Trinajstić information content (AvgIpc) is 2.03. The van der Waals surface area contributed by atoms with Crippen molar-refractivity contribution in [2.45, 2.75) is 13.8 Å². The van der Waals surface area contributed by atoms with E-state index in [2.05, 4.69) is 4.98 Å². The number of carbonyl (C=O) groups excluding carboxylic acids is 1. The zero-order valence-corrected chi connectivity index (χ0v) is 7.52. The normalized spacial score (nSPS) is 10.4. The molecule has 13 heavy (non-hydrogen) atoms. The van der Waals surface area contributed by atoms with Gasteiger partial charge in [-0.1, -0.05) is 13.8 Å². The Kier molecular flexibility index (Phi) is 2.46. The lowest BCUT2D eigenvalue weighted by Crippen LogP contribution is -2.31. The molecule has 0 atom stereocenters. The largest absolute Gasteiger partial charge is 0.383 e. The van der Waals surface area contributed by atoms with E-state index >= 15 is 0 Å². The number of hydrogen-bond donors (Lipinski definition) is 1. The summed E-state index contributed by atoms with van der Waals surface area (Å²) in [5.41, 5.74) is 4.64. The molecular formula is C8H11N3O2. The highest BCUT2D eigenvalue weighted by Crippen LogP contribution is 1.97. The minimum absolute atomic E-state index is 0.123. The summed E-state index contributed by atoms with van der Waals surface area (Å²) in [6.07, 6.45) is 1.34. The molecular weight excluding hydrogens is 170 g/mol. The maximum atomic E-state index is 11.4. The number of nitrogens with two attached hydrogens (primary N) is 1. The van der Waals surface area contributed by atoms with E-state index in [1.54, 1.807) is 13.8 Å². The summed E-state index contributed by atoms with van der Waals surface area (Å²) < 4.78 is 0.959. The zero-order chi connectivity index (χ0) is 10.0. The molecule has 70 valence electrons. The Morgan fingerprint density at radius 1 is 1.62 bits per heavy atom. The predicted molar refractivity (Wildman–Crippen MR) is 48.4 cm³/mol. The molecule has 0 spiro atoms. The molecule has 1 rings (SSSR count). The van der Waals surface area contributed by atoms with Gasteiger partial charge in [-0.25, -0.2) is 9.36 Å². The first-order valence-electron chi connectivity index (χ1n) is 3.91. The van der Waals surface area contributed by atoms with Crippen LogP contribution < -0.4 is 11.4 Å². The molecule has 5 heteroatoms. The van der Waals surface area contributed by atoms with Gasteiger partial charge >= 0.3 is 5.69 Å². The van der Waals surface area contributed by atoms with Crippen LogP contribution in [0, 0.1) is 5.92 Å². The molecule has 1 heterocycles. The van der Waals surface area contributed by atoms with Gasteiger partial charge in [-0.2, -0.15) is 4.98 Å². The SMILES string of the molecule is CC(C)C(=O)n1ccc(N)nc1=O. The van der Waals surface area contributed by atoms with E-state index in [9.17, 15) is 9.59 Å². The number of anilines is 1. The molecule has 1 aromatic rings. The quantitative estimate of drug-likeness (QED) is 0.667. The van der Waals surface area contributed by atoms with Crippen molar-refractivity contribution in [2.24, 2.45) is 5.92 Å². The van der Waals surface area contributed by atoms with Gasteiger partial charge in [0, 0.05) is 12.1 Å². The number of aromatic nitrogens is 2. The first-order chi connectivity index (χ1) is 6.02. The van der Waals surface area contributed by atoms with Crippen molar-refractivity contribution in [1.29, 1.82) is 0 Å².